The highest BCUT2D eigenvalue weighted by Crippen LogP contribution is 2.60. The quantitative estimate of drug-likeness (QED) is 0.364. The topological polar surface area (TPSA) is 59.3 Å². The van der Waals surface area contributed by atoms with Crippen LogP contribution in [0.15, 0.2) is 51.9 Å². The summed E-state index contributed by atoms with van der Waals surface area (Å²) in [6, 6.07) is 11.5. The Labute approximate surface area is 196 Å². The number of halogens is 4. The maximum absolute atomic E-state index is 14.2. The molecule has 0 amide bonds. The third kappa shape index (κ3) is 5.52. The van der Waals surface area contributed by atoms with E-state index in [2.05, 4.69) is 31.9 Å². The van der Waals surface area contributed by atoms with Gasteiger partial charge in [0.15, 0.2) is 11.6 Å². The zero-order valence-electron chi connectivity index (χ0n) is 16.7. The van der Waals surface area contributed by atoms with Crippen LogP contribution in [0.2, 0.25) is 0 Å². The van der Waals surface area contributed by atoms with Crippen LogP contribution in [0.4, 0.5) is 8.78 Å². The Bertz CT molecular complexity index is 1040. The summed E-state index contributed by atoms with van der Waals surface area (Å²) in [6.07, 6.45) is 0.682. The molecule has 1 aliphatic carbocycles. The number of nitrogens with zero attached hydrogens (tertiary/aromatic N) is 1. The van der Waals surface area contributed by atoms with Crippen LogP contribution < -0.4 is 4.74 Å². The van der Waals surface area contributed by atoms with Crippen molar-refractivity contribution in [2.75, 3.05) is 0 Å². The summed E-state index contributed by atoms with van der Waals surface area (Å²) in [4.78, 5) is 12.7. The van der Waals surface area contributed by atoms with Crippen LogP contribution in [-0.2, 0) is 16.1 Å². The maximum atomic E-state index is 14.2. The van der Waals surface area contributed by atoms with Gasteiger partial charge in [-0.1, -0.05) is 38.1 Å². The molecule has 0 bridgehead atoms. The largest absolute Gasteiger partial charge is 0.486 e. The molecule has 0 N–H and O–H groups in total. The van der Waals surface area contributed by atoms with Gasteiger partial charge in [0, 0.05) is 5.56 Å². The van der Waals surface area contributed by atoms with Gasteiger partial charge in [-0.25, -0.2) is 8.78 Å². The van der Waals surface area contributed by atoms with E-state index >= 15 is 0 Å². The summed E-state index contributed by atoms with van der Waals surface area (Å²) in [5.41, 5.74) is 0.664. The molecule has 3 unspecified atom stereocenters. The Morgan fingerprint density at radius 3 is 2.52 bits per heavy atom. The molecule has 0 saturated heterocycles. The molecule has 0 radical (unpaired) electrons. The minimum Gasteiger partial charge on any atom is -0.486 e. The normalized spacial score (nSPS) is 19.6. The molecule has 0 spiro atoms. The fourth-order valence-corrected chi connectivity index (χ4v) is 4.04. The molecule has 162 valence electrons. The summed E-state index contributed by atoms with van der Waals surface area (Å²) < 4.78 is 38.9. The van der Waals surface area contributed by atoms with Crippen molar-refractivity contribution >= 4 is 37.8 Å². The van der Waals surface area contributed by atoms with E-state index in [1.807, 2.05) is 26.0 Å². The van der Waals surface area contributed by atoms with Crippen molar-refractivity contribution in [1.29, 1.82) is 5.26 Å². The van der Waals surface area contributed by atoms with Gasteiger partial charge in [-0.05, 0) is 73.0 Å². The van der Waals surface area contributed by atoms with Gasteiger partial charge < -0.3 is 9.47 Å². The molecule has 8 heteroatoms. The first kappa shape index (κ1) is 23.4. The van der Waals surface area contributed by atoms with E-state index in [1.54, 1.807) is 0 Å². The summed E-state index contributed by atoms with van der Waals surface area (Å²) in [5.74, 6) is -2.00. The van der Waals surface area contributed by atoms with Gasteiger partial charge in [0.05, 0.1) is 9.31 Å². The molecule has 3 atom stereocenters. The van der Waals surface area contributed by atoms with E-state index in [4.69, 9.17) is 9.47 Å². The van der Waals surface area contributed by atoms with E-state index < -0.39 is 17.9 Å². The fourth-order valence-electron chi connectivity index (χ4n) is 3.47. The van der Waals surface area contributed by atoms with Crippen molar-refractivity contribution in [2.24, 2.45) is 17.3 Å². The third-order valence-corrected chi connectivity index (χ3v) is 5.92. The van der Waals surface area contributed by atoms with Crippen LogP contribution in [0.25, 0.3) is 0 Å². The lowest BCUT2D eigenvalue weighted by Gasteiger charge is -2.14. The minimum atomic E-state index is -1.20. The summed E-state index contributed by atoms with van der Waals surface area (Å²) in [5, 5.41) is 9.54. The van der Waals surface area contributed by atoms with Crippen molar-refractivity contribution in [1.82, 2.24) is 0 Å². The highest BCUT2D eigenvalue weighted by molar-refractivity contribution is 9.28. The predicted molar refractivity (Wildman–Crippen MR) is 118 cm³/mol. The molecule has 31 heavy (non-hydrogen) atoms. The standard InChI is InChI=1S/C23H19Br2F2NO3/c1-23(2)16(10-20(24)25)21(23)22(29)31-19(11-28)14-5-8-17(27)18(9-14)30-12-13-3-6-15(26)7-4-13/h3-10,16,19,21H,12H2,1-2H3. The van der Waals surface area contributed by atoms with Crippen LogP contribution in [-0.4, -0.2) is 5.97 Å². The molecule has 2 aromatic rings. The second-order valence-corrected chi connectivity index (χ2v) is 10.6. The molecule has 0 aliphatic heterocycles. The second-order valence-electron chi connectivity index (χ2n) is 7.83. The van der Waals surface area contributed by atoms with Crippen molar-refractivity contribution < 1.29 is 23.0 Å². The number of rotatable bonds is 7. The molecule has 2 aromatic carbocycles. The van der Waals surface area contributed by atoms with Crippen LogP contribution in [0.1, 0.15) is 31.1 Å². The van der Waals surface area contributed by atoms with Crippen LogP contribution in [0.5, 0.6) is 5.75 Å². The smallest absolute Gasteiger partial charge is 0.311 e. The predicted octanol–water partition coefficient (Wildman–Crippen LogP) is 6.56. The molecular weight excluding hydrogens is 536 g/mol. The van der Waals surface area contributed by atoms with Crippen LogP contribution >= 0.6 is 31.9 Å². The number of carbonyl (C=O) groups excluding carboxylic acids is 1. The Hall–Kier alpha value is -2.24. The highest BCUT2D eigenvalue weighted by atomic mass is 79.9. The van der Waals surface area contributed by atoms with Gasteiger partial charge in [0.2, 0.25) is 6.10 Å². The fraction of sp³-hybridized carbons (Fsp3) is 0.304. The molecule has 0 aromatic heterocycles. The molecule has 1 aliphatic rings. The van der Waals surface area contributed by atoms with Crippen molar-refractivity contribution in [3.8, 4) is 11.8 Å². The summed E-state index contributed by atoms with van der Waals surface area (Å²) in [7, 11) is 0. The average molecular weight is 555 g/mol. The minimum absolute atomic E-state index is 0.0172. The number of allylic oxidation sites excluding steroid dienone is 1. The number of benzene rings is 2. The van der Waals surface area contributed by atoms with E-state index in [-0.39, 0.29) is 35.4 Å². The maximum Gasteiger partial charge on any atom is 0.311 e. The summed E-state index contributed by atoms with van der Waals surface area (Å²) >= 11 is 6.60. The molecule has 4 nitrogen and oxygen atoms in total. The number of nitriles is 1. The van der Waals surface area contributed by atoms with Gasteiger partial charge in [0.25, 0.3) is 0 Å². The third-order valence-electron chi connectivity index (χ3n) is 5.39. The highest BCUT2D eigenvalue weighted by Gasteiger charge is 2.61. The Kier molecular flexibility index (Phi) is 7.17. The zero-order chi connectivity index (χ0) is 22.8. The van der Waals surface area contributed by atoms with Gasteiger partial charge in [-0.15, -0.1) is 0 Å². The Morgan fingerprint density at radius 1 is 1.23 bits per heavy atom. The van der Waals surface area contributed by atoms with Gasteiger partial charge in [-0.2, -0.15) is 5.26 Å². The van der Waals surface area contributed by atoms with Gasteiger partial charge in [0.1, 0.15) is 18.5 Å². The Morgan fingerprint density at radius 2 is 1.90 bits per heavy atom. The summed E-state index contributed by atoms with van der Waals surface area (Å²) in [6.45, 7) is 3.91. The molecule has 1 fully saturated rings. The number of hydrogen-bond donors (Lipinski definition) is 0. The van der Waals surface area contributed by atoms with E-state index in [0.29, 0.717) is 11.1 Å². The number of carbonyl (C=O) groups is 1. The van der Waals surface area contributed by atoms with Crippen molar-refractivity contribution in [3.05, 3.63) is 74.7 Å². The van der Waals surface area contributed by atoms with E-state index in [9.17, 15) is 18.8 Å². The first-order valence-electron chi connectivity index (χ1n) is 9.43. The van der Waals surface area contributed by atoms with Gasteiger partial charge >= 0.3 is 5.97 Å². The monoisotopic (exact) mass is 553 g/mol. The Balaban J connectivity index is 1.71. The average Bonchev–Trinajstić information content (AvgIpc) is 3.25. The lowest BCUT2D eigenvalue weighted by molar-refractivity contribution is -0.149. The number of hydrogen-bond acceptors (Lipinski definition) is 4. The van der Waals surface area contributed by atoms with E-state index in [1.165, 1.54) is 36.4 Å². The first-order valence-corrected chi connectivity index (χ1v) is 11.0. The molecular formula is C23H19Br2F2NO3. The number of esters is 1. The van der Waals surface area contributed by atoms with Crippen LogP contribution in [0, 0.1) is 40.2 Å². The number of ether oxygens (including phenoxy) is 2. The van der Waals surface area contributed by atoms with Crippen molar-refractivity contribution in [2.45, 2.75) is 26.6 Å². The second kappa shape index (κ2) is 9.49. The first-order chi connectivity index (χ1) is 14.6. The van der Waals surface area contributed by atoms with Gasteiger partial charge in [-0.3, -0.25) is 4.79 Å². The van der Waals surface area contributed by atoms with Crippen LogP contribution in [0.3, 0.4) is 0 Å². The molecule has 0 heterocycles. The molecule has 3 rings (SSSR count). The van der Waals surface area contributed by atoms with Crippen molar-refractivity contribution in [3.63, 3.8) is 0 Å². The lowest BCUT2D eigenvalue weighted by Crippen LogP contribution is -2.14. The molecule has 1 saturated carbocycles. The zero-order valence-corrected chi connectivity index (χ0v) is 19.9. The SMILES string of the molecule is CC1(C)C(C=C(Br)Br)C1C(=O)OC(C#N)c1ccc(F)c(OCc2ccc(F)cc2)c1. The van der Waals surface area contributed by atoms with E-state index in [0.717, 1.165) is 9.46 Å². The lowest BCUT2D eigenvalue weighted by atomic mass is 10.1.